The molecular weight excluding hydrogens is 375 g/mol. The van der Waals surface area contributed by atoms with Crippen LogP contribution in [0.4, 0.5) is 10.8 Å². The summed E-state index contributed by atoms with van der Waals surface area (Å²) >= 11 is 19.4. The minimum absolute atomic E-state index is 0.0116. The van der Waals surface area contributed by atoms with E-state index in [1.54, 1.807) is 30.3 Å². The fourth-order valence-corrected chi connectivity index (χ4v) is 3.42. The van der Waals surface area contributed by atoms with Crippen LogP contribution in [0, 0.1) is 0 Å². The standard InChI is InChI=1S/C16H11Cl3N2OS/c17-10-1-4-12(5-2-10)20-16-21-15(22)14(23-16)8-9-7-11(18)3-6-13(9)19/h1-7,22H,8H2,(H,20,21). The predicted molar refractivity (Wildman–Crippen MR) is 97.8 cm³/mol. The highest BCUT2D eigenvalue weighted by molar-refractivity contribution is 7.16. The zero-order valence-electron chi connectivity index (χ0n) is 11.7. The highest BCUT2D eigenvalue weighted by Crippen LogP contribution is 2.34. The number of halogens is 3. The summed E-state index contributed by atoms with van der Waals surface area (Å²) in [5, 5.41) is 15.6. The average Bonchev–Trinajstić information content (AvgIpc) is 2.85. The van der Waals surface area contributed by atoms with Gasteiger partial charge >= 0.3 is 0 Å². The third-order valence-electron chi connectivity index (χ3n) is 3.13. The summed E-state index contributed by atoms with van der Waals surface area (Å²) in [7, 11) is 0. The summed E-state index contributed by atoms with van der Waals surface area (Å²) in [5.41, 5.74) is 1.69. The van der Waals surface area contributed by atoms with E-state index in [1.807, 2.05) is 12.1 Å². The second-order valence-electron chi connectivity index (χ2n) is 4.81. The van der Waals surface area contributed by atoms with E-state index in [4.69, 9.17) is 34.8 Å². The number of nitrogens with zero attached hydrogens (tertiary/aromatic N) is 1. The second kappa shape index (κ2) is 6.97. The van der Waals surface area contributed by atoms with Gasteiger partial charge in [0.2, 0.25) is 5.88 Å². The Morgan fingerprint density at radius 3 is 2.43 bits per heavy atom. The lowest BCUT2D eigenvalue weighted by molar-refractivity contribution is 0.453. The summed E-state index contributed by atoms with van der Waals surface area (Å²) in [5.74, 6) is -0.0116. The van der Waals surface area contributed by atoms with Gasteiger partial charge in [0.25, 0.3) is 0 Å². The number of anilines is 2. The molecule has 0 unspecified atom stereocenters. The van der Waals surface area contributed by atoms with Crippen LogP contribution in [0.2, 0.25) is 15.1 Å². The van der Waals surface area contributed by atoms with Crippen LogP contribution in [-0.2, 0) is 6.42 Å². The van der Waals surface area contributed by atoms with Crippen molar-refractivity contribution >= 4 is 57.0 Å². The van der Waals surface area contributed by atoms with Crippen molar-refractivity contribution in [1.82, 2.24) is 4.98 Å². The first-order chi connectivity index (χ1) is 11.0. The molecule has 2 aromatic carbocycles. The monoisotopic (exact) mass is 384 g/mol. The van der Waals surface area contributed by atoms with Crippen molar-refractivity contribution in [1.29, 1.82) is 0 Å². The molecule has 0 aliphatic rings. The second-order valence-corrected chi connectivity index (χ2v) is 7.17. The number of hydrogen-bond acceptors (Lipinski definition) is 4. The largest absolute Gasteiger partial charge is 0.492 e. The number of aromatic nitrogens is 1. The molecule has 0 spiro atoms. The van der Waals surface area contributed by atoms with Crippen LogP contribution in [0.25, 0.3) is 0 Å². The van der Waals surface area contributed by atoms with Crippen LogP contribution >= 0.6 is 46.1 Å². The third kappa shape index (κ3) is 4.09. The lowest BCUT2D eigenvalue weighted by Crippen LogP contribution is -1.87. The van der Waals surface area contributed by atoms with Crippen molar-refractivity contribution in [2.45, 2.75) is 6.42 Å². The highest BCUT2D eigenvalue weighted by Gasteiger charge is 2.13. The topological polar surface area (TPSA) is 45.2 Å². The Hall–Kier alpha value is -1.46. The zero-order valence-corrected chi connectivity index (χ0v) is 14.8. The van der Waals surface area contributed by atoms with Crippen molar-refractivity contribution < 1.29 is 5.11 Å². The van der Waals surface area contributed by atoms with Crippen molar-refractivity contribution in [3.8, 4) is 5.88 Å². The van der Waals surface area contributed by atoms with Crippen molar-refractivity contribution in [2.75, 3.05) is 5.32 Å². The summed E-state index contributed by atoms with van der Waals surface area (Å²) in [6.45, 7) is 0. The molecule has 118 valence electrons. The Morgan fingerprint density at radius 1 is 1.00 bits per heavy atom. The Morgan fingerprint density at radius 2 is 1.70 bits per heavy atom. The van der Waals surface area contributed by atoms with E-state index < -0.39 is 0 Å². The van der Waals surface area contributed by atoms with Gasteiger partial charge in [-0.1, -0.05) is 46.1 Å². The van der Waals surface area contributed by atoms with Gasteiger partial charge in [-0.25, -0.2) is 0 Å². The van der Waals surface area contributed by atoms with Gasteiger partial charge in [0, 0.05) is 27.2 Å². The lowest BCUT2D eigenvalue weighted by Gasteiger charge is -2.03. The van der Waals surface area contributed by atoms with E-state index in [1.165, 1.54) is 11.3 Å². The molecule has 2 N–H and O–H groups in total. The van der Waals surface area contributed by atoms with E-state index >= 15 is 0 Å². The van der Waals surface area contributed by atoms with Gasteiger partial charge in [0.05, 0.1) is 4.88 Å². The molecule has 0 aliphatic carbocycles. The average molecular weight is 386 g/mol. The number of rotatable bonds is 4. The maximum Gasteiger partial charge on any atom is 0.227 e. The lowest BCUT2D eigenvalue weighted by atomic mass is 10.1. The zero-order chi connectivity index (χ0) is 16.4. The molecule has 23 heavy (non-hydrogen) atoms. The Bertz CT molecular complexity index is 834. The number of nitrogens with one attached hydrogen (secondary N) is 1. The van der Waals surface area contributed by atoms with Crippen molar-refractivity contribution in [3.63, 3.8) is 0 Å². The molecule has 0 atom stereocenters. The van der Waals surface area contributed by atoms with Gasteiger partial charge in [-0.3, -0.25) is 0 Å². The number of benzene rings is 2. The molecule has 3 rings (SSSR count). The van der Waals surface area contributed by atoms with E-state index in [0.717, 1.165) is 11.3 Å². The summed E-state index contributed by atoms with van der Waals surface area (Å²) in [4.78, 5) is 4.84. The molecule has 0 radical (unpaired) electrons. The SMILES string of the molecule is Oc1nc(Nc2ccc(Cl)cc2)sc1Cc1cc(Cl)ccc1Cl. The van der Waals surface area contributed by atoms with Crippen LogP contribution in [0.1, 0.15) is 10.4 Å². The molecule has 1 aromatic heterocycles. The van der Waals surface area contributed by atoms with E-state index in [0.29, 0.717) is 31.5 Å². The molecule has 0 saturated carbocycles. The first-order valence-electron chi connectivity index (χ1n) is 6.66. The smallest absolute Gasteiger partial charge is 0.227 e. The third-order valence-corrected chi connectivity index (χ3v) is 4.95. The minimum atomic E-state index is -0.0116. The van der Waals surface area contributed by atoms with Crippen LogP contribution in [0.3, 0.4) is 0 Å². The predicted octanol–water partition coefficient (Wildman–Crippen LogP) is 6.14. The minimum Gasteiger partial charge on any atom is -0.492 e. The van der Waals surface area contributed by atoms with E-state index in [9.17, 15) is 5.11 Å². The van der Waals surface area contributed by atoms with Gasteiger partial charge in [0.15, 0.2) is 5.13 Å². The maximum atomic E-state index is 10.0. The molecule has 0 saturated heterocycles. The highest BCUT2D eigenvalue weighted by atomic mass is 35.5. The Labute approximate surface area is 152 Å². The van der Waals surface area contributed by atoms with Crippen LogP contribution in [-0.4, -0.2) is 10.1 Å². The quantitative estimate of drug-likeness (QED) is 0.566. The van der Waals surface area contributed by atoms with Crippen LogP contribution < -0.4 is 5.32 Å². The van der Waals surface area contributed by atoms with Gasteiger partial charge in [0.1, 0.15) is 0 Å². The van der Waals surface area contributed by atoms with E-state index in [-0.39, 0.29) is 5.88 Å². The van der Waals surface area contributed by atoms with Gasteiger partial charge in [-0.05, 0) is 48.0 Å². The molecule has 3 nitrogen and oxygen atoms in total. The summed E-state index contributed by atoms with van der Waals surface area (Å²) in [6, 6.07) is 12.5. The fourth-order valence-electron chi connectivity index (χ4n) is 2.02. The molecule has 7 heteroatoms. The normalized spacial score (nSPS) is 10.7. The van der Waals surface area contributed by atoms with Gasteiger partial charge in [-0.15, -0.1) is 0 Å². The molecule has 0 fully saturated rings. The molecule has 0 bridgehead atoms. The van der Waals surface area contributed by atoms with E-state index in [2.05, 4.69) is 10.3 Å². The van der Waals surface area contributed by atoms with Crippen LogP contribution in [0.15, 0.2) is 42.5 Å². The first kappa shape index (κ1) is 16.4. The molecule has 0 amide bonds. The maximum absolute atomic E-state index is 10.0. The molecule has 1 heterocycles. The van der Waals surface area contributed by atoms with Gasteiger partial charge in [-0.2, -0.15) is 4.98 Å². The van der Waals surface area contributed by atoms with Crippen molar-refractivity contribution in [2.24, 2.45) is 0 Å². The number of aromatic hydroxyl groups is 1. The number of hydrogen-bond donors (Lipinski definition) is 2. The molecule has 3 aromatic rings. The molecular formula is C16H11Cl3N2OS. The molecule has 0 aliphatic heterocycles. The Balaban J connectivity index is 1.80. The number of thiazole rings is 1. The summed E-state index contributed by atoms with van der Waals surface area (Å²) in [6.07, 6.45) is 0.463. The first-order valence-corrected chi connectivity index (χ1v) is 8.61. The van der Waals surface area contributed by atoms with Gasteiger partial charge < -0.3 is 10.4 Å². The fraction of sp³-hybridized carbons (Fsp3) is 0.0625. The summed E-state index contributed by atoms with van der Waals surface area (Å²) < 4.78 is 0. The van der Waals surface area contributed by atoms with Crippen LogP contribution in [0.5, 0.6) is 5.88 Å². The Kier molecular flexibility index (Phi) is 4.97. The van der Waals surface area contributed by atoms with Crippen molar-refractivity contribution in [3.05, 3.63) is 68.0 Å².